The van der Waals surface area contributed by atoms with Gasteiger partial charge in [0.2, 0.25) is 11.7 Å². The predicted octanol–water partition coefficient (Wildman–Crippen LogP) is 5.30. The Kier molecular flexibility index (Phi) is 7.40. The summed E-state index contributed by atoms with van der Waals surface area (Å²) in [7, 11) is 0. The van der Waals surface area contributed by atoms with E-state index in [2.05, 4.69) is 86.5 Å². The van der Waals surface area contributed by atoms with E-state index >= 15 is 0 Å². The zero-order valence-electron chi connectivity index (χ0n) is 23.8. The average Bonchev–Trinajstić information content (AvgIpc) is 3.64. The van der Waals surface area contributed by atoms with Crippen LogP contribution in [-0.2, 0) is 6.54 Å². The van der Waals surface area contributed by atoms with Crippen molar-refractivity contribution in [1.29, 1.82) is 0 Å². The van der Waals surface area contributed by atoms with E-state index in [0.29, 0.717) is 17.5 Å². The van der Waals surface area contributed by atoms with Crippen molar-refractivity contribution in [3.05, 3.63) is 84.1 Å². The lowest BCUT2D eigenvalue weighted by Gasteiger charge is -2.39. The number of pyridine rings is 1. The number of aromatic amines is 1. The van der Waals surface area contributed by atoms with Crippen molar-refractivity contribution in [1.82, 2.24) is 40.3 Å². The Balaban J connectivity index is 1.05. The van der Waals surface area contributed by atoms with E-state index in [1.54, 1.807) is 0 Å². The van der Waals surface area contributed by atoms with Gasteiger partial charge in [0.1, 0.15) is 5.75 Å². The Morgan fingerprint density at radius 2 is 1.73 bits per heavy atom. The number of ether oxygens (including phenoxy) is 1. The number of amides is 2. The molecule has 10 nitrogen and oxygen atoms in total. The second-order valence-electron chi connectivity index (χ2n) is 11.8. The van der Waals surface area contributed by atoms with E-state index in [4.69, 9.17) is 4.74 Å². The number of H-pyrrole nitrogens is 1. The third-order valence-corrected chi connectivity index (χ3v) is 7.97. The summed E-state index contributed by atoms with van der Waals surface area (Å²) in [6.45, 7) is 9.80. The largest absolute Gasteiger partial charge is 0.439 e. The van der Waals surface area contributed by atoms with Crippen LogP contribution in [0.1, 0.15) is 50.8 Å². The number of piperidine rings is 1. The normalized spacial score (nSPS) is 18.7. The summed E-state index contributed by atoms with van der Waals surface area (Å²) >= 11 is 0. The average molecular weight is 553 g/mol. The highest BCUT2D eigenvalue weighted by molar-refractivity contribution is 5.79. The van der Waals surface area contributed by atoms with Crippen LogP contribution in [0.15, 0.2) is 72.9 Å². The molecule has 4 aromatic rings. The van der Waals surface area contributed by atoms with Crippen molar-refractivity contribution in [2.45, 2.75) is 57.8 Å². The molecule has 6 rings (SSSR count). The minimum Gasteiger partial charge on any atom is -0.439 e. The first kappa shape index (κ1) is 26.9. The van der Waals surface area contributed by atoms with Crippen molar-refractivity contribution in [2.75, 3.05) is 19.6 Å². The van der Waals surface area contributed by atoms with Crippen molar-refractivity contribution < 1.29 is 9.53 Å². The van der Waals surface area contributed by atoms with Crippen LogP contribution in [-0.4, -0.2) is 77.6 Å². The molecule has 0 bridgehead atoms. The lowest BCUT2D eigenvalue weighted by molar-refractivity contribution is 0.105. The first-order valence-electron chi connectivity index (χ1n) is 14.2. The maximum Gasteiger partial charge on any atom is 0.321 e. The molecule has 0 saturated carbocycles. The summed E-state index contributed by atoms with van der Waals surface area (Å²) in [5.74, 6) is 1.77. The molecule has 4 heterocycles. The summed E-state index contributed by atoms with van der Waals surface area (Å²) < 4.78 is 5.93. The van der Waals surface area contributed by atoms with Gasteiger partial charge in [0.25, 0.3) is 0 Å². The molecular formula is C31H36N8O2. The van der Waals surface area contributed by atoms with E-state index < -0.39 is 0 Å². The molecule has 2 amide bonds. The number of hydrogen-bond acceptors (Lipinski definition) is 7. The van der Waals surface area contributed by atoms with Crippen LogP contribution in [0, 0.1) is 0 Å². The van der Waals surface area contributed by atoms with Crippen LogP contribution in [0.3, 0.4) is 0 Å². The summed E-state index contributed by atoms with van der Waals surface area (Å²) in [5, 5.41) is 14.0. The van der Waals surface area contributed by atoms with Crippen molar-refractivity contribution in [3.8, 4) is 23.0 Å². The molecule has 0 radical (unpaired) electrons. The summed E-state index contributed by atoms with van der Waals surface area (Å²) in [5.41, 5.74) is 3.00. The van der Waals surface area contributed by atoms with Gasteiger partial charge in [-0.05, 0) is 74.2 Å². The number of hydrogen-bond donors (Lipinski definition) is 1. The molecule has 2 aromatic carbocycles. The smallest absolute Gasteiger partial charge is 0.321 e. The van der Waals surface area contributed by atoms with Crippen LogP contribution in [0.2, 0.25) is 0 Å². The first-order chi connectivity index (χ1) is 19.8. The van der Waals surface area contributed by atoms with Gasteiger partial charge in [0.05, 0.1) is 6.04 Å². The van der Waals surface area contributed by atoms with Gasteiger partial charge in [-0.2, -0.15) is 5.21 Å². The number of carbonyl (C=O) groups is 1. The number of likely N-dealkylation sites (tertiary alicyclic amines) is 1. The molecule has 2 saturated heterocycles. The molecule has 1 unspecified atom stereocenters. The molecule has 10 heteroatoms. The molecule has 1 atom stereocenters. The predicted molar refractivity (Wildman–Crippen MR) is 155 cm³/mol. The fourth-order valence-corrected chi connectivity index (χ4v) is 5.78. The fraction of sp³-hybridized carbons (Fsp3) is 0.387. The number of nitrogens with zero attached hydrogens (tertiary/aromatic N) is 7. The summed E-state index contributed by atoms with van der Waals surface area (Å²) in [4.78, 5) is 24.8. The van der Waals surface area contributed by atoms with E-state index in [-0.39, 0.29) is 23.7 Å². The number of rotatable bonds is 7. The number of carbonyl (C=O) groups excluding carboxylic acids is 1. The first-order valence-corrected chi connectivity index (χ1v) is 14.2. The second-order valence-corrected chi connectivity index (χ2v) is 11.8. The highest BCUT2D eigenvalue weighted by Gasteiger charge is 2.46. The second kappa shape index (κ2) is 11.3. The summed E-state index contributed by atoms with van der Waals surface area (Å²) in [6.07, 6.45) is 3.80. The molecule has 1 N–H and O–H groups in total. The Labute approximate surface area is 240 Å². The van der Waals surface area contributed by atoms with Gasteiger partial charge in [-0.1, -0.05) is 36.4 Å². The highest BCUT2D eigenvalue weighted by atomic mass is 16.5. The van der Waals surface area contributed by atoms with Gasteiger partial charge in [-0.15, -0.1) is 10.2 Å². The van der Waals surface area contributed by atoms with E-state index in [1.807, 2.05) is 47.5 Å². The Hall–Kier alpha value is -4.31. The van der Waals surface area contributed by atoms with E-state index in [0.717, 1.165) is 50.1 Å². The number of urea groups is 1. The number of aromatic nitrogens is 5. The quantitative estimate of drug-likeness (QED) is 0.332. The Morgan fingerprint density at radius 3 is 2.37 bits per heavy atom. The van der Waals surface area contributed by atoms with Gasteiger partial charge in [0.15, 0.2) is 0 Å². The van der Waals surface area contributed by atoms with Crippen LogP contribution in [0.5, 0.6) is 11.6 Å². The number of tetrazole rings is 1. The fourth-order valence-electron chi connectivity index (χ4n) is 5.78. The Bertz CT molecular complexity index is 1430. The van der Waals surface area contributed by atoms with Crippen LogP contribution < -0.4 is 4.74 Å². The van der Waals surface area contributed by atoms with Crippen molar-refractivity contribution >= 4 is 6.03 Å². The molecule has 2 aromatic heterocycles. The van der Waals surface area contributed by atoms with E-state index in [1.165, 1.54) is 5.56 Å². The maximum atomic E-state index is 13.6. The molecule has 0 aliphatic carbocycles. The molecule has 2 aliphatic rings. The lowest BCUT2D eigenvalue weighted by Crippen LogP contribution is -2.49. The molecule has 2 aliphatic heterocycles. The number of benzene rings is 2. The molecular weight excluding hydrogens is 516 g/mol. The Morgan fingerprint density at radius 1 is 0.976 bits per heavy atom. The highest BCUT2D eigenvalue weighted by Crippen LogP contribution is 2.37. The SMILES string of the molecule is CC(C)(C)N1CC(c2ccccc2)N(C2CCN(Cc3ccc(Oc4ccc(-c5nn[nH]n5)cc4)nc3)CC2)C1=O. The molecule has 212 valence electrons. The van der Waals surface area contributed by atoms with Gasteiger partial charge in [0, 0.05) is 55.6 Å². The molecule has 0 spiro atoms. The van der Waals surface area contributed by atoms with Crippen LogP contribution in [0.25, 0.3) is 11.4 Å². The summed E-state index contributed by atoms with van der Waals surface area (Å²) in [6, 6.07) is 22.4. The standard InChI is InChI=1S/C31H36N8O2/c1-31(2,3)38-21-27(23-7-5-4-6-8-23)39(30(38)40)25-15-17-37(18-16-25)20-22-9-14-28(32-19-22)41-26-12-10-24(11-13-26)29-33-35-36-34-29/h4-14,19,25,27H,15-18,20-21H2,1-3H3,(H,33,34,35,36). The van der Waals surface area contributed by atoms with Gasteiger partial charge in [-0.25, -0.2) is 9.78 Å². The number of nitrogens with one attached hydrogen (secondary N) is 1. The monoisotopic (exact) mass is 552 g/mol. The van der Waals surface area contributed by atoms with Crippen molar-refractivity contribution in [2.24, 2.45) is 0 Å². The van der Waals surface area contributed by atoms with Gasteiger partial charge in [-0.3, -0.25) is 4.90 Å². The molecule has 41 heavy (non-hydrogen) atoms. The van der Waals surface area contributed by atoms with Gasteiger partial charge < -0.3 is 14.5 Å². The third kappa shape index (κ3) is 5.92. The minimum absolute atomic E-state index is 0.0893. The zero-order chi connectivity index (χ0) is 28.4. The van der Waals surface area contributed by atoms with Crippen LogP contribution >= 0.6 is 0 Å². The minimum atomic E-state index is -0.207. The van der Waals surface area contributed by atoms with Crippen LogP contribution in [0.4, 0.5) is 4.79 Å². The van der Waals surface area contributed by atoms with E-state index in [9.17, 15) is 4.79 Å². The molecule has 2 fully saturated rings. The maximum absolute atomic E-state index is 13.6. The van der Waals surface area contributed by atoms with Crippen molar-refractivity contribution in [3.63, 3.8) is 0 Å². The third-order valence-electron chi connectivity index (χ3n) is 7.97. The lowest BCUT2D eigenvalue weighted by atomic mass is 9.98. The van der Waals surface area contributed by atoms with Gasteiger partial charge >= 0.3 is 6.03 Å². The topological polar surface area (TPSA) is 103 Å². The zero-order valence-corrected chi connectivity index (χ0v) is 23.8.